The van der Waals surface area contributed by atoms with Gasteiger partial charge in [-0.1, -0.05) is 30.3 Å². The van der Waals surface area contributed by atoms with Gasteiger partial charge < -0.3 is 19.5 Å². The molecule has 1 fully saturated rings. The summed E-state index contributed by atoms with van der Waals surface area (Å²) < 4.78 is 11.0. The van der Waals surface area contributed by atoms with E-state index < -0.39 is 5.60 Å². The molecule has 20 heavy (non-hydrogen) atoms. The van der Waals surface area contributed by atoms with E-state index in [0.29, 0.717) is 13.1 Å². The van der Waals surface area contributed by atoms with Gasteiger partial charge in [0.15, 0.2) is 0 Å². The van der Waals surface area contributed by atoms with Gasteiger partial charge in [0.2, 0.25) is 0 Å². The molecule has 1 amide bonds. The lowest BCUT2D eigenvalue weighted by atomic mass is 10.1. The first-order valence-electron chi connectivity index (χ1n) is 6.74. The summed E-state index contributed by atoms with van der Waals surface area (Å²) in [4.78, 5) is 13.7. The number of hydrogen-bond donors (Lipinski definition) is 1. The second kappa shape index (κ2) is 6.24. The van der Waals surface area contributed by atoms with Crippen molar-refractivity contribution in [2.45, 2.75) is 32.2 Å². The molecule has 1 heterocycles. The van der Waals surface area contributed by atoms with E-state index in [2.05, 4.69) is 0 Å². The molecule has 0 saturated carbocycles. The third-order valence-electron chi connectivity index (χ3n) is 3.15. The highest BCUT2D eigenvalue weighted by atomic mass is 16.6. The Morgan fingerprint density at radius 1 is 1.45 bits per heavy atom. The lowest BCUT2D eigenvalue weighted by molar-refractivity contribution is -0.143. The van der Waals surface area contributed by atoms with Crippen LogP contribution < -0.4 is 0 Å². The van der Waals surface area contributed by atoms with Crippen molar-refractivity contribution in [1.29, 1.82) is 0 Å². The number of nitrogens with zero attached hydrogens (tertiary/aromatic N) is 1. The van der Waals surface area contributed by atoms with Gasteiger partial charge in [-0.15, -0.1) is 0 Å². The number of carbonyl (C=O) groups excluding carboxylic acids is 1. The molecule has 0 aromatic heterocycles. The van der Waals surface area contributed by atoms with Gasteiger partial charge in [-0.05, 0) is 19.4 Å². The zero-order valence-electron chi connectivity index (χ0n) is 11.9. The molecule has 0 spiro atoms. The fourth-order valence-electron chi connectivity index (χ4n) is 2.34. The molecule has 0 bridgehead atoms. The van der Waals surface area contributed by atoms with Crippen molar-refractivity contribution in [1.82, 2.24) is 4.90 Å². The molecule has 110 valence electrons. The molecule has 1 aliphatic rings. The van der Waals surface area contributed by atoms with Crippen LogP contribution in [0.15, 0.2) is 30.3 Å². The maximum absolute atomic E-state index is 12.1. The fourth-order valence-corrected chi connectivity index (χ4v) is 2.34. The Labute approximate surface area is 119 Å². The molecule has 1 saturated heterocycles. The van der Waals surface area contributed by atoms with Crippen LogP contribution in [0.3, 0.4) is 0 Å². The van der Waals surface area contributed by atoms with Gasteiger partial charge in [0, 0.05) is 0 Å². The number of aliphatic hydroxyl groups is 1. The molecule has 1 atom stereocenters. The van der Waals surface area contributed by atoms with E-state index in [1.54, 1.807) is 4.90 Å². The Morgan fingerprint density at radius 2 is 2.15 bits per heavy atom. The minimum atomic E-state index is -0.475. The van der Waals surface area contributed by atoms with Crippen molar-refractivity contribution in [3.05, 3.63) is 35.9 Å². The number of aliphatic hydroxyl groups excluding tert-OH is 1. The monoisotopic (exact) mass is 279 g/mol. The topological polar surface area (TPSA) is 59.0 Å². The minimum Gasteiger partial charge on any atom is -0.445 e. The second-order valence-electron chi connectivity index (χ2n) is 5.60. The van der Waals surface area contributed by atoms with Gasteiger partial charge in [0.05, 0.1) is 31.4 Å². The Morgan fingerprint density at radius 3 is 2.80 bits per heavy atom. The Hall–Kier alpha value is -1.59. The Kier molecular flexibility index (Phi) is 4.62. The highest BCUT2D eigenvalue weighted by Gasteiger charge is 2.35. The van der Waals surface area contributed by atoms with Gasteiger partial charge in [-0.25, -0.2) is 4.79 Å². The Bertz CT molecular complexity index is 446. The van der Waals surface area contributed by atoms with E-state index in [-0.39, 0.29) is 25.4 Å². The van der Waals surface area contributed by atoms with E-state index in [1.807, 2.05) is 44.2 Å². The molecule has 0 aliphatic carbocycles. The maximum atomic E-state index is 12.1. The molecule has 1 aromatic rings. The van der Waals surface area contributed by atoms with Crippen molar-refractivity contribution >= 4 is 6.09 Å². The summed E-state index contributed by atoms with van der Waals surface area (Å²) in [6, 6.07) is 9.55. The van der Waals surface area contributed by atoms with Crippen LogP contribution in [-0.4, -0.2) is 47.5 Å². The number of hydrogen-bond acceptors (Lipinski definition) is 4. The van der Waals surface area contributed by atoms with Crippen LogP contribution in [0.5, 0.6) is 0 Å². The van der Waals surface area contributed by atoms with Crippen LogP contribution in [0, 0.1) is 0 Å². The van der Waals surface area contributed by atoms with E-state index in [4.69, 9.17) is 9.47 Å². The average Bonchev–Trinajstić information content (AvgIpc) is 2.44. The number of carbonyl (C=O) groups is 1. The fraction of sp³-hybridized carbons (Fsp3) is 0.533. The lowest BCUT2D eigenvalue weighted by Gasteiger charge is -2.41. The molecular formula is C15H21NO4. The normalized spacial score (nSPS) is 21.6. The van der Waals surface area contributed by atoms with Gasteiger partial charge in [-0.2, -0.15) is 0 Å². The quantitative estimate of drug-likeness (QED) is 0.916. The first-order valence-corrected chi connectivity index (χ1v) is 6.74. The highest BCUT2D eigenvalue weighted by Crippen LogP contribution is 2.21. The Balaban J connectivity index is 1.91. The SMILES string of the molecule is CC1(C)CN(C(=O)OCc2ccccc2)C[C@@H](CO)O1. The smallest absolute Gasteiger partial charge is 0.410 e. The van der Waals surface area contributed by atoms with Crippen molar-refractivity contribution in [3.8, 4) is 0 Å². The predicted octanol–water partition coefficient (Wildman–Crippen LogP) is 1.79. The summed E-state index contributed by atoms with van der Waals surface area (Å²) in [6.45, 7) is 4.75. The van der Waals surface area contributed by atoms with Gasteiger partial charge >= 0.3 is 6.09 Å². The minimum absolute atomic E-state index is 0.105. The van der Waals surface area contributed by atoms with Crippen LogP contribution in [0.25, 0.3) is 0 Å². The van der Waals surface area contributed by atoms with Crippen LogP contribution in [0.2, 0.25) is 0 Å². The van der Waals surface area contributed by atoms with Gasteiger partial charge in [-0.3, -0.25) is 0 Å². The molecular weight excluding hydrogens is 258 g/mol. The van der Waals surface area contributed by atoms with Crippen molar-refractivity contribution in [2.24, 2.45) is 0 Å². The second-order valence-corrected chi connectivity index (χ2v) is 5.60. The summed E-state index contributed by atoms with van der Waals surface area (Å²) in [7, 11) is 0. The third-order valence-corrected chi connectivity index (χ3v) is 3.15. The summed E-state index contributed by atoms with van der Waals surface area (Å²) in [5, 5.41) is 9.23. The van der Waals surface area contributed by atoms with Crippen LogP contribution >= 0.6 is 0 Å². The van der Waals surface area contributed by atoms with E-state index in [9.17, 15) is 9.90 Å². The maximum Gasteiger partial charge on any atom is 0.410 e. The van der Waals surface area contributed by atoms with Crippen molar-refractivity contribution in [3.63, 3.8) is 0 Å². The molecule has 1 aromatic carbocycles. The number of morpholine rings is 1. The zero-order chi connectivity index (χ0) is 14.6. The standard InChI is InChI=1S/C15H21NO4/c1-15(2)11-16(8-13(9-17)20-15)14(18)19-10-12-6-4-3-5-7-12/h3-7,13,17H,8-11H2,1-2H3/t13-/m0/s1. The van der Waals surface area contributed by atoms with Crippen LogP contribution in [0.1, 0.15) is 19.4 Å². The highest BCUT2D eigenvalue weighted by molar-refractivity contribution is 5.68. The number of amides is 1. The molecule has 2 rings (SSSR count). The number of rotatable bonds is 3. The largest absolute Gasteiger partial charge is 0.445 e. The number of ether oxygens (including phenoxy) is 2. The van der Waals surface area contributed by atoms with E-state index in [1.165, 1.54) is 0 Å². The first kappa shape index (κ1) is 14.8. The molecule has 5 nitrogen and oxygen atoms in total. The molecule has 5 heteroatoms. The van der Waals surface area contributed by atoms with Crippen molar-refractivity contribution in [2.75, 3.05) is 19.7 Å². The summed E-state index contributed by atoms with van der Waals surface area (Å²) in [5.74, 6) is 0. The number of benzene rings is 1. The van der Waals surface area contributed by atoms with Crippen LogP contribution in [-0.2, 0) is 16.1 Å². The van der Waals surface area contributed by atoms with Gasteiger partial charge in [0.1, 0.15) is 6.61 Å². The lowest BCUT2D eigenvalue weighted by Crippen LogP contribution is -2.55. The van der Waals surface area contributed by atoms with Gasteiger partial charge in [0.25, 0.3) is 0 Å². The zero-order valence-corrected chi connectivity index (χ0v) is 11.9. The summed E-state index contributed by atoms with van der Waals surface area (Å²) >= 11 is 0. The van der Waals surface area contributed by atoms with Crippen LogP contribution in [0.4, 0.5) is 4.79 Å². The molecule has 1 aliphatic heterocycles. The van der Waals surface area contributed by atoms with E-state index >= 15 is 0 Å². The first-order chi connectivity index (χ1) is 9.50. The molecule has 0 unspecified atom stereocenters. The van der Waals surface area contributed by atoms with E-state index in [0.717, 1.165) is 5.56 Å². The molecule has 1 N–H and O–H groups in total. The predicted molar refractivity (Wildman–Crippen MR) is 74.2 cm³/mol. The summed E-state index contributed by atoms with van der Waals surface area (Å²) in [6.07, 6.45) is -0.730. The molecule has 0 radical (unpaired) electrons. The third kappa shape index (κ3) is 3.95. The summed E-state index contributed by atoms with van der Waals surface area (Å²) in [5.41, 5.74) is 0.476. The average molecular weight is 279 g/mol. The van der Waals surface area contributed by atoms with Crippen molar-refractivity contribution < 1.29 is 19.4 Å².